The first kappa shape index (κ1) is 13.3. The number of hydrogen-bond donors (Lipinski definition) is 2. The molecule has 1 aromatic carbocycles. The number of nitrogens with zero attached hydrogens (tertiary/aromatic N) is 1. The van der Waals surface area contributed by atoms with Crippen LogP contribution in [-0.2, 0) is 6.54 Å². The van der Waals surface area contributed by atoms with Gasteiger partial charge in [-0.05, 0) is 31.5 Å². The van der Waals surface area contributed by atoms with Gasteiger partial charge in [-0.15, -0.1) is 11.3 Å². The number of aromatic hydroxyl groups is 1. The molecule has 1 heterocycles. The fraction of sp³-hybridized carbons (Fsp3) is 0.308. The van der Waals surface area contributed by atoms with Crippen LogP contribution in [0, 0.1) is 6.92 Å². The van der Waals surface area contributed by atoms with Crippen LogP contribution in [-0.4, -0.2) is 10.1 Å². The average Bonchev–Trinajstić information content (AvgIpc) is 2.77. The van der Waals surface area contributed by atoms with E-state index in [4.69, 9.17) is 11.6 Å². The zero-order valence-corrected chi connectivity index (χ0v) is 11.8. The van der Waals surface area contributed by atoms with Crippen LogP contribution >= 0.6 is 22.9 Å². The van der Waals surface area contributed by atoms with Gasteiger partial charge >= 0.3 is 0 Å². The minimum absolute atomic E-state index is 0.115. The fourth-order valence-corrected chi connectivity index (χ4v) is 2.59. The van der Waals surface area contributed by atoms with Gasteiger partial charge in [-0.3, -0.25) is 0 Å². The molecule has 2 N–H and O–H groups in total. The lowest BCUT2D eigenvalue weighted by molar-refractivity contribution is 0.475. The number of rotatable bonds is 4. The van der Waals surface area contributed by atoms with E-state index in [1.165, 1.54) is 4.88 Å². The molecule has 5 heteroatoms. The van der Waals surface area contributed by atoms with Gasteiger partial charge in [0.05, 0.1) is 11.1 Å². The predicted molar refractivity (Wildman–Crippen MR) is 75.2 cm³/mol. The van der Waals surface area contributed by atoms with Gasteiger partial charge in [0.2, 0.25) is 0 Å². The Kier molecular flexibility index (Phi) is 4.22. The predicted octanol–water partition coefficient (Wildman–Crippen LogP) is 3.66. The molecule has 0 spiro atoms. The third-order valence-electron chi connectivity index (χ3n) is 2.63. The number of nitrogens with one attached hydrogen (secondary N) is 1. The van der Waals surface area contributed by atoms with Crippen LogP contribution in [0.3, 0.4) is 0 Å². The molecular weight excluding hydrogens is 268 g/mol. The van der Waals surface area contributed by atoms with Crippen molar-refractivity contribution in [2.75, 3.05) is 0 Å². The van der Waals surface area contributed by atoms with Crippen LogP contribution in [0.25, 0.3) is 0 Å². The van der Waals surface area contributed by atoms with Crippen molar-refractivity contribution in [1.82, 2.24) is 10.3 Å². The van der Waals surface area contributed by atoms with Crippen molar-refractivity contribution in [3.05, 3.63) is 44.9 Å². The van der Waals surface area contributed by atoms with Crippen LogP contribution in [0.1, 0.15) is 28.4 Å². The Morgan fingerprint density at radius 2 is 2.28 bits per heavy atom. The third kappa shape index (κ3) is 3.22. The van der Waals surface area contributed by atoms with Gasteiger partial charge in [-0.1, -0.05) is 17.7 Å². The number of hydrogen-bond acceptors (Lipinski definition) is 4. The van der Waals surface area contributed by atoms with Gasteiger partial charge in [-0.2, -0.15) is 0 Å². The second-order valence-corrected chi connectivity index (χ2v) is 5.87. The number of halogens is 1. The summed E-state index contributed by atoms with van der Waals surface area (Å²) in [7, 11) is 0. The smallest absolute Gasteiger partial charge is 0.134 e. The first-order valence-corrected chi connectivity index (χ1v) is 6.89. The molecule has 2 aromatic rings. The fourth-order valence-electron chi connectivity index (χ4n) is 1.59. The van der Waals surface area contributed by atoms with Crippen LogP contribution in [0.2, 0.25) is 5.02 Å². The van der Waals surface area contributed by atoms with Crippen molar-refractivity contribution < 1.29 is 5.11 Å². The normalized spacial score (nSPS) is 12.6. The maximum atomic E-state index is 9.34. The second kappa shape index (κ2) is 5.69. The monoisotopic (exact) mass is 282 g/mol. The molecule has 1 aromatic heterocycles. The van der Waals surface area contributed by atoms with E-state index < -0.39 is 0 Å². The lowest BCUT2D eigenvalue weighted by Crippen LogP contribution is -2.17. The highest BCUT2D eigenvalue weighted by molar-refractivity contribution is 7.11. The summed E-state index contributed by atoms with van der Waals surface area (Å²) in [4.78, 5) is 5.56. The highest BCUT2D eigenvalue weighted by Crippen LogP contribution is 2.24. The zero-order chi connectivity index (χ0) is 13.1. The number of phenols is 1. The summed E-state index contributed by atoms with van der Waals surface area (Å²) in [5, 5.41) is 14.2. The van der Waals surface area contributed by atoms with Crippen molar-refractivity contribution in [3.63, 3.8) is 0 Å². The van der Waals surface area contributed by atoms with E-state index in [0.717, 1.165) is 10.6 Å². The summed E-state index contributed by atoms with van der Waals surface area (Å²) in [6, 6.07) is 5.44. The van der Waals surface area contributed by atoms with Crippen molar-refractivity contribution in [1.29, 1.82) is 0 Å². The number of phenolic OH excluding ortho intramolecular Hbond substituents is 1. The Hall–Kier alpha value is -1.10. The second-order valence-electron chi connectivity index (χ2n) is 4.20. The molecule has 96 valence electrons. The van der Waals surface area contributed by atoms with E-state index in [1.807, 2.05) is 19.2 Å². The zero-order valence-electron chi connectivity index (χ0n) is 10.3. The molecule has 0 fully saturated rings. The van der Waals surface area contributed by atoms with Crippen LogP contribution in [0.5, 0.6) is 5.75 Å². The van der Waals surface area contributed by atoms with Gasteiger partial charge in [-0.25, -0.2) is 4.98 Å². The lowest BCUT2D eigenvalue weighted by atomic mass is 10.2. The van der Waals surface area contributed by atoms with E-state index in [-0.39, 0.29) is 11.8 Å². The summed E-state index contributed by atoms with van der Waals surface area (Å²) in [6.45, 7) is 4.83. The minimum Gasteiger partial charge on any atom is -0.506 e. The summed E-state index contributed by atoms with van der Waals surface area (Å²) < 4.78 is 0. The van der Waals surface area contributed by atoms with Crippen molar-refractivity contribution in [2.45, 2.75) is 26.4 Å². The standard InChI is InChI=1S/C13H15ClN2OS/c1-8-6-16-13(18-8)9(2)15-7-10-3-4-12(17)11(14)5-10/h3-6,9,15,17H,7H2,1-2H3. The lowest BCUT2D eigenvalue weighted by Gasteiger charge is -2.11. The Bertz CT molecular complexity index is 542. The topological polar surface area (TPSA) is 45.2 Å². The molecule has 2 rings (SSSR count). The van der Waals surface area contributed by atoms with Crippen LogP contribution in [0.4, 0.5) is 0 Å². The Morgan fingerprint density at radius 3 is 2.89 bits per heavy atom. The maximum Gasteiger partial charge on any atom is 0.134 e. The van der Waals surface area contributed by atoms with Crippen LogP contribution in [0.15, 0.2) is 24.4 Å². The maximum absolute atomic E-state index is 9.34. The first-order chi connectivity index (χ1) is 8.56. The Morgan fingerprint density at radius 1 is 1.50 bits per heavy atom. The number of aromatic nitrogens is 1. The molecule has 0 radical (unpaired) electrons. The number of aryl methyl sites for hydroxylation is 1. The van der Waals surface area contributed by atoms with Gasteiger partial charge < -0.3 is 10.4 Å². The molecule has 0 aliphatic carbocycles. The molecule has 0 aliphatic heterocycles. The van der Waals surface area contributed by atoms with Gasteiger partial charge in [0, 0.05) is 17.6 Å². The average molecular weight is 283 g/mol. The highest BCUT2D eigenvalue weighted by Gasteiger charge is 2.09. The highest BCUT2D eigenvalue weighted by atomic mass is 35.5. The summed E-state index contributed by atoms with van der Waals surface area (Å²) >= 11 is 7.56. The van der Waals surface area contributed by atoms with Crippen LogP contribution < -0.4 is 5.32 Å². The van der Waals surface area contributed by atoms with E-state index in [0.29, 0.717) is 11.6 Å². The van der Waals surface area contributed by atoms with E-state index in [9.17, 15) is 5.11 Å². The van der Waals surface area contributed by atoms with Gasteiger partial charge in [0.1, 0.15) is 10.8 Å². The van der Waals surface area contributed by atoms with Crippen molar-refractivity contribution in [2.24, 2.45) is 0 Å². The molecule has 0 bridgehead atoms. The van der Waals surface area contributed by atoms with Crippen molar-refractivity contribution in [3.8, 4) is 5.75 Å². The summed E-state index contributed by atoms with van der Waals surface area (Å²) in [6.07, 6.45) is 1.88. The van der Waals surface area contributed by atoms with Gasteiger partial charge in [0.25, 0.3) is 0 Å². The molecule has 0 amide bonds. The van der Waals surface area contributed by atoms with E-state index in [1.54, 1.807) is 23.5 Å². The molecule has 3 nitrogen and oxygen atoms in total. The SMILES string of the molecule is Cc1cnc(C(C)NCc2ccc(O)c(Cl)c2)s1. The Labute approximate surface area is 115 Å². The van der Waals surface area contributed by atoms with E-state index >= 15 is 0 Å². The summed E-state index contributed by atoms with van der Waals surface area (Å²) in [5.41, 5.74) is 1.04. The minimum atomic E-state index is 0.115. The Balaban J connectivity index is 1.97. The molecule has 0 saturated carbocycles. The molecular formula is C13H15ClN2OS. The molecule has 0 aliphatic rings. The third-order valence-corrected chi connectivity index (χ3v) is 4.03. The molecule has 0 saturated heterocycles. The molecule has 1 atom stereocenters. The molecule has 18 heavy (non-hydrogen) atoms. The first-order valence-electron chi connectivity index (χ1n) is 5.69. The number of thiazole rings is 1. The van der Waals surface area contributed by atoms with E-state index in [2.05, 4.69) is 17.2 Å². The number of benzene rings is 1. The molecule has 1 unspecified atom stereocenters. The van der Waals surface area contributed by atoms with Gasteiger partial charge in [0.15, 0.2) is 0 Å². The largest absolute Gasteiger partial charge is 0.506 e. The quantitative estimate of drug-likeness (QED) is 0.899. The van der Waals surface area contributed by atoms with Crippen molar-refractivity contribution >= 4 is 22.9 Å². The summed E-state index contributed by atoms with van der Waals surface area (Å²) in [5.74, 6) is 0.115.